The first kappa shape index (κ1) is 16.5. The molecule has 0 radical (unpaired) electrons. The van der Waals surface area contributed by atoms with Gasteiger partial charge in [-0.1, -0.05) is 45.9 Å². The lowest BCUT2D eigenvalue weighted by Crippen LogP contribution is -3.41. The third-order valence-corrected chi connectivity index (χ3v) is 8.03. The van der Waals surface area contributed by atoms with E-state index in [4.69, 9.17) is 0 Å². The number of quaternary nitrogens is 2. The van der Waals surface area contributed by atoms with Crippen LogP contribution in [0.15, 0.2) is 30.5 Å². The third-order valence-electron chi connectivity index (χ3n) is 8.03. The average molecular weight is 354 g/mol. The summed E-state index contributed by atoms with van der Waals surface area (Å²) in [5.74, 6) is 1.42. The standard InChI is InChI=1S/C22H29N3O/c1-14(2)21-10-24-12-22(15(3)4,20(21)26)13-25(11-21)19(24)17-9-23-18-8-6-5-7-16(17)18/h5-9,14-15,19,23H,10-13H2,1-4H3/p+2. The number of hydrogen-bond acceptors (Lipinski definition) is 1. The fourth-order valence-electron chi connectivity index (χ4n) is 6.50. The minimum Gasteiger partial charge on any atom is -0.360 e. The van der Waals surface area contributed by atoms with E-state index in [2.05, 4.69) is 63.1 Å². The molecular formula is C22H31N3O+2. The van der Waals surface area contributed by atoms with E-state index in [0.717, 1.165) is 26.2 Å². The van der Waals surface area contributed by atoms with Crippen molar-refractivity contribution in [1.29, 1.82) is 0 Å². The molecule has 0 saturated carbocycles. The van der Waals surface area contributed by atoms with Crippen LogP contribution in [-0.4, -0.2) is 36.9 Å². The minimum atomic E-state index is -0.131. The Labute approximate surface area is 155 Å². The fraction of sp³-hybridized carbons (Fsp3) is 0.591. The van der Waals surface area contributed by atoms with Gasteiger partial charge in [-0.2, -0.15) is 0 Å². The summed E-state index contributed by atoms with van der Waals surface area (Å²) in [7, 11) is 0. The molecule has 4 bridgehead atoms. The largest absolute Gasteiger partial charge is 0.360 e. The average Bonchev–Trinajstić information content (AvgIpc) is 3.01. The van der Waals surface area contributed by atoms with Crippen LogP contribution in [0.25, 0.3) is 10.9 Å². The maximum absolute atomic E-state index is 13.7. The molecule has 138 valence electrons. The molecule has 4 saturated heterocycles. The molecule has 4 fully saturated rings. The molecule has 2 aromatic rings. The number of hydrogen-bond donors (Lipinski definition) is 3. The maximum Gasteiger partial charge on any atom is 0.242 e. The molecule has 4 aliphatic heterocycles. The maximum atomic E-state index is 13.7. The molecule has 4 nitrogen and oxygen atoms in total. The highest BCUT2D eigenvalue weighted by Crippen LogP contribution is 2.45. The van der Waals surface area contributed by atoms with Gasteiger partial charge in [0.2, 0.25) is 6.17 Å². The van der Waals surface area contributed by atoms with Crippen molar-refractivity contribution < 1.29 is 14.6 Å². The first-order valence-electron chi connectivity index (χ1n) is 10.2. The van der Waals surface area contributed by atoms with Gasteiger partial charge < -0.3 is 4.98 Å². The second-order valence-electron chi connectivity index (χ2n) is 9.70. The molecule has 0 spiro atoms. The molecule has 4 heteroatoms. The van der Waals surface area contributed by atoms with Crippen LogP contribution in [-0.2, 0) is 4.79 Å². The van der Waals surface area contributed by atoms with Gasteiger partial charge in [0, 0.05) is 17.1 Å². The van der Waals surface area contributed by atoms with Crippen molar-refractivity contribution in [3.05, 3.63) is 36.0 Å². The summed E-state index contributed by atoms with van der Waals surface area (Å²) in [5, 5.41) is 1.36. The Hall–Kier alpha value is -1.65. The molecule has 26 heavy (non-hydrogen) atoms. The number of piperidine rings is 2. The van der Waals surface area contributed by atoms with E-state index in [1.54, 1.807) is 9.80 Å². The molecule has 0 unspecified atom stereocenters. The van der Waals surface area contributed by atoms with Crippen molar-refractivity contribution in [2.45, 2.75) is 33.9 Å². The van der Waals surface area contributed by atoms with Crippen molar-refractivity contribution in [2.24, 2.45) is 22.7 Å². The predicted octanol–water partition coefficient (Wildman–Crippen LogP) is 0.831. The summed E-state index contributed by atoms with van der Waals surface area (Å²) in [5.41, 5.74) is 2.41. The Balaban J connectivity index is 1.63. The monoisotopic (exact) mass is 353 g/mol. The van der Waals surface area contributed by atoms with E-state index in [1.807, 2.05) is 0 Å². The molecule has 5 heterocycles. The highest BCUT2D eigenvalue weighted by molar-refractivity contribution is 5.92. The van der Waals surface area contributed by atoms with Crippen LogP contribution in [0.4, 0.5) is 0 Å². The van der Waals surface area contributed by atoms with Crippen molar-refractivity contribution in [3.63, 3.8) is 0 Å². The number of carbonyl (C=O) groups excluding carboxylic acids is 1. The van der Waals surface area contributed by atoms with E-state index < -0.39 is 0 Å². The van der Waals surface area contributed by atoms with E-state index >= 15 is 0 Å². The van der Waals surface area contributed by atoms with E-state index in [0.29, 0.717) is 23.8 Å². The predicted molar refractivity (Wildman–Crippen MR) is 102 cm³/mol. The number of para-hydroxylation sites is 1. The van der Waals surface area contributed by atoms with Crippen molar-refractivity contribution in [3.8, 4) is 0 Å². The van der Waals surface area contributed by atoms with E-state index in [9.17, 15) is 4.79 Å². The zero-order chi connectivity index (χ0) is 18.3. The van der Waals surface area contributed by atoms with Crippen LogP contribution in [0.1, 0.15) is 39.4 Å². The number of carbonyl (C=O) groups is 1. The lowest BCUT2D eigenvalue weighted by molar-refractivity contribution is -1.18. The number of fused-ring (bicyclic) bond motifs is 1. The quantitative estimate of drug-likeness (QED) is 0.752. The summed E-state index contributed by atoms with van der Waals surface area (Å²) >= 11 is 0. The fourth-order valence-corrected chi connectivity index (χ4v) is 6.50. The number of rotatable bonds is 3. The van der Waals surface area contributed by atoms with Crippen LogP contribution in [0.2, 0.25) is 0 Å². The smallest absolute Gasteiger partial charge is 0.242 e. The third kappa shape index (κ3) is 1.84. The molecule has 1 aromatic heterocycles. The Morgan fingerprint density at radius 2 is 1.50 bits per heavy atom. The first-order chi connectivity index (χ1) is 12.4. The number of aromatic nitrogens is 1. The number of ketones is 1. The molecule has 4 aliphatic rings. The molecule has 1 aromatic carbocycles. The van der Waals surface area contributed by atoms with Crippen molar-refractivity contribution >= 4 is 16.7 Å². The summed E-state index contributed by atoms with van der Waals surface area (Å²) in [4.78, 5) is 20.4. The Bertz CT molecular complexity index is 834. The van der Waals surface area contributed by atoms with Gasteiger partial charge in [0.15, 0.2) is 5.78 Å². The topological polar surface area (TPSA) is 41.7 Å². The summed E-state index contributed by atoms with van der Waals surface area (Å²) < 4.78 is 0. The first-order valence-corrected chi connectivity index (χ1v) is 10.2. The highest BCUT2D eigenvalue weighted by Gasteiger charge is 2.73. The summed E-state index contributed by atoms with van der Waals surface area (Å²) in [6.45, 7) is 13.1. The van der Waals surface area contributed by atoms with Crippen LogP contribution >= 0.6 is 0 Å². The SMILES string of the molecule is CC(C)C12C[NH+]3CC(C(C)C)(C[NH+](C1)C3c1c[nH]c3ccccc13)C2=O. The van der Waals surface area contributed by atoms with Gasteiger partial charge in [0.1, 0.15) is 37.0 Å². The second kappa shape index (κ2) is 5.20. The molecule has 3 N–H and O–H groups in total. The number of Topliss-reactive ketones (excluding diaryl/α,β-unsaturated/α-hetero) is 1. The van der Waals surface area contributed by atoms with Gasteiger partial charge in [-0.05, 0) is 17.9 Å². The number of benzene rings is 1. The van der Waals surface area contributed by atoms with Gasteiger partial charge in [-0.15, -0.1) is 0 Å². The van der Waals surface area contributed by atoms with Gasteiger partial charge in [0.25, 0.3) is 0 Å². The lowest BCUT2D eigenvalue weighted by atomic mass is 9.53. The van der Waals surface area contributed by atoms with Crippen LogP contribution in [0.5, 0.6) is 0 Å². The zero-order valence-electron chi connectivity index (χ0n) is 16.4. The molecular weight excluding hydrogens is 322 g/mol. The van der Waals surface area contributed by atoms with Gasteiger partial charge in [0.05, 0.1) is 5.56 Å². The van der Waals surface area contributed by atoms with E-state index in [1.165, 1.54) is 16.5 Å². The van der Waals surface area contributed by atoms with Crippen LogP contribution in [0.3, 0.4) is 0 Å². The highest BCUT2D eigenvalue weighted by atomic mass is 16.1. The van der Waals surface area contributed by atoms with Gasteiger partial charge in [-0.3, -0.25) is 14.6 Å². The normalized spacial score (nSPS) is 38.8. The van der Waals surface area contributed by atoms with Crippen molar-refractivity contribution in [1.82, 2.24) is 4.98 Å². The molecule has 6 rings (SSSR count). The molecule has 0 amide bonds. The summed E-state index contributed by atoms with van der Waals surface area (Å²) in [6.07, 6.45) is 2.68. The van der Waals surface area contributed by atoms with Crippen molar-refractivity contribution in [2.75, 3.05) is 26.2 Å². The second-order valence-corrected chi connectivity index (χ2v) is 9.70. The molecule has 0 atom stereocenters. The Kier molecular flexibility index (Phi) is 3.31. The molecule has 0 aliphatic carbocycles. The lowest BCUT2D eigenvalue weighted by Gasteiger charge is -2.62. The number of aromatic amines is 1. The minimum absolute atomic E-state index is 0.131. The Morgan fingerprint density at radius 3 is 2.04 bits per heavy atom. The van der Waals surface area contributed by atoms with Gasteiger partial charge in [-0.25, -0.2) is 0 Å². The van der Waals surface area contributed by atoms with Crippen LogP contribution < -0.4 is 9.80 Å². The van der Waals surface area contributed by atoms with Gasteiger partial charge >= 0.3 is 0 Å². The number of H-pyrrole nitrogens is 1. The Morgan fingerprint density at radius 1 is 0.962 bits per heavy atom. The van der Waals surface area contributed by atoms with Crippen LogP contribution in [0, 0.1) is 22.7 Å². The summed E-state index contributed by atoms with van der Waals surface area (Å²) in [6, 6.07) is 8.65. The zero-order valence-corrected chi connectivity index (χ0v) is 16.4. The number of nitrogens with one attached hydrogen (secondary N) is 3. The van der Waals surface area contributed by atoms with E-state index in [-0.39, 0.29) is 10.8 Å².